The molecule has 3 heterocycles. The van der Waals surface area contributed by atoms with Crippen molar-refractivity contribution in [2.75, 3.05) is 42.7 Å². The fourth-order valence-electron chi connectivity index (χ4n) is 7.18. The van der Waals surface area contributed by atoms with E-state index < -0.39 is 81.8 Å². The minimum absolute atomic E-state index is 0.00317. The minimum atomic E-state index is -5.48. The highest BCUT2D eigenvalue weighted by atomic mass is 33.1. The molecule has 0 radical (unpaired) electrons. The number of hydrogen-bond acceptors (Lipinski definition) is 19. The van der Waals surface area contributed by atoms with Crippen LogP contribution in [-0.4, -0.2) is 102 Å². The number of carbonyl (C=O) groups excluding carboxylic acids is 2. The van der Waals surface area contributed by atoms with E-state index in [0.29, 0.717) is 31.0 Å². The Kier molecular flexibility index (Phi) is 15.8. The molecule has 3 aliphatic rings. The quantitative estimate of drug-likeness (QED) is 0.0140. The van der Waals surface area contributed by atoms with E-state index in [1.165, 1.54) is 50.6 Å². The minimum Gasteiger partial charge on any atom is -0.744 e. The molecule has 0 spiro atoms. The summed E-state index contributed by atoms with van der Waals surface area (Å²) in [5.41, 5.74) is 8.83. The monoisotopic (exact) mass is 995 g/mol. The zero-order chi connectivity index (χ0) is 48.8. The van der Waals surface area contributed by atoms with Crippen molar-refractivity contribution in [3.8, 4) is 34.3 Å². The Labute approximate surface area is 390 Å². The standard InChI is InChI=1S/C42H43N7O14S4/c1-3-16-61-31-20-33(62-30(31)4-2)49-21-23(39(45)48-42(49)54)6-5-14-46-32(50)13-17-64-65-18-15-47-40(51)22-7-8-24(27(19-22)41(52)53)34-25-9-11-28(43)37(66(55,56)57)35(25)63-36-26(34)10-12-29(44)38(36)67(58,59)60/h3,7-12,19,21,30-31,33,43H,1,4,13-18,20,44H2,2H3,(H,46,50)(H,47,51)(H,52,53)(H2,45,48,54)(H,55,56,57)(H,58,59,60)/p-2. The summed E-state index contributed by atoms with van der Waals surface area (Å²) >= 11 is 0. The molecule has 354 valence electrons. The molecule has 67 heavy (non-hydrogen) atoms. The Balaban J connectivity index is 1.05. The third kappa shape index (κ3) is 11.5. The molecular weight excluding hydrogens is 955 g/mol. The van der Waals surface area contributed by atoms with E-state index in [-0.39, 0.29) is 76.6 Å². The molecule has 8 N–H and O–H groups in total. The van der Waals surface area contributed by atoms with Crippen LogP contribution in [0.2, 0.25) is 0 Å². The fraction of sp³-hybridized carbons (Fsp3) is 0.286. The molecule has 2 aromatic carbocycles. The van der Waals surface area contributed by atoms with Crippen molar-refractivity contribution in [2.45, 2.75) is 54.4 Å². The molecule has 1 saturated heterocycles. The van der Waals surface area contributed by atoms with Gasteiger partial charge in [0.15, 0.2) is 11.3 Å². The second kappa shape index (κ2) is 21.2. The predicted molar refractivity (Wildman–Crippen MR) is 245 cm³/mol. The molecular formula is C42H41N7O14S4-2. The first-order valence-corrected chi connectivity index (χ1v) is 25.3. The van der Waals surface area contributed by atoms with Crippen molar-refractivity contribution in [3.63, 3.8) is 0 Å². The molecule has 3 aromatic rings. The number of nitrogen functional groups attached to an aromatic ring is 2. The first-order chi connectivity index (χ1) is 31.7. The molecule has 3 unspecified atom stereocenters. The highest BCUT2D eigenvalue weighted by Gasteiger charge is 2.36. The molecule has 2 amide bonds. The van der Waals surface area contributed by atoms with Crippen molar-refractivity contribution in [1.29, 1.82) is 5.41 Å². The average molecular weight is 996 g/mol. The number of fused-ring (bicyclic) bond motifs is 2. The van der Waals surface area contributed by atoms with Crippen LogP contribution in [0.1, 0.15) is 58.7 Å². The van der Waals surface area contributed by atoms with Gasteiger partial charge in [-0.2, -0.15) is 4.98 Å². The summed E-state index contributed by atoms with van der Waals surface area (Å²) < 4.78 is 92.8. The summed E-state index contributed by atoms with van der Waals surface area (Å²) in [7, 11) is -8.18. The van der Waals surface area contributed by atoms with Crippen molar-refractivity contribution in [1.82, 2.24) is 20.2 Å². The molecule has 3 atom stereocenters. The number of anilines is 2. The first kappa shape index (κ1) is 50.2. The number of aromatic carboxylic acids is 1. The lowest BCUT2D eigenvalue weighted by Crippen LogP contribution is -2.28. The molecule has 2 aliphatic heterocycles. The van der Waals surface area contributed by atoms with Gasteiger partial charge < -0.3 is 50.2 Å². The second-order valence-electron chi connectivity index (χ2n) is 14.5. The van der Waals surface area contributed by atoms with E-state index in [9.17, 15) is 50.2 Å². The van der Waals surface area contributed by atoms with E-state index >= 15 is 0 Å². The van der Waals surface area contributed by atoms with Crippen molar-refractivity contribution in [3.05, 3.63) is 93.8 Å². The first-order valence-electron chi connectivity index (χ1n) is 20.0. The number of nitrogens with two attached hydrogens (primary N) is 2. The number of carbonyl (C=O) groups is 3. The van der Waals surface area contributed by atoms with Crippen LogP contribution in [0.4, 0.5) is 11.5 Å². The van der Waals surface area contributed by atoms with Gasteiger partial charge in [-0.15, -0.1) is 6.58 Å². The van der Waals surface area contributed by atoms with Crippen LogP contribution in [0.25, 0.3) is 33.4 Å². The Morgan fingerprint density at radius 1 is 1.06 bits per heavy atom. The van der Waals surface area contributed by atoms with Gasteiger partial charge in [-0.25, -0.2) is 26.4 Å². The summed E-state index contributed by atoms with van der Waals surface area (Å²) in [6, 6.07) is 7.83. The number of nitrogens with one attached hydrogen (secondary N) is 3. The highest BCUT2D eigenvalue weighted by Crippen LogP contribution is 2.46. The van der Waals surface area contributed by atoms with Crippen LogP contribution in [-0.2, 0) is 34.5 Å². The van der Waals surface area contributed by atoms with E-state index in [1.807, 2.05) is 6.92 Å². The van der Waals surface area contributed by atoms with Gasteiger partial charge in [0.2, 0.25) is 5.91 Å². The van der Waals surface area contributed by atoms with Crippen LogP contribution >= 0.6 is 21.6 Å². The maximum Gasteiger partial charge on any atom is 0.351 e. The number of aromatic nitrogens is 2. The summed E-state index contributed by atoms with van der Waals surface area (Å²) in [4.78, 5) is 52.5. The van der Waals surface area contributed by atoms with Gasteiger partial charge in [-0.05, 0) is 48.4 Å². The van der Waals surface area contributed by atoms with Gasteiger partial charge in [0.25, 0.3) is 5.91 Å². The average Bonchev–Trinajstić information content (AvgIpc) is 3.68. The maximum atomic E-state index is 13.2. The number of hydrogen-bond donors (Lipinski definition) is 6. The zero-order valence-corrected chi connectivity index (χ0v) is 38.5. The van der Waals surface area contributed by atoms with Crippen LogP contribution < -0.4 is 33.1 Å². The molecule has 25 heteroatoms. The second-order valence-corrected chi connectivity index (χ2v) is 19.9. The number of carboxylic acids is 1. The van der Waals surface area contributed by atoms with Gasteiger partial charge in [-0.3, -0.25) is 19.6 Å². The molecule has 0 saturated carbocycles. The third-order valence-corrected chi connectivity index (χ3v) is 14.4. The summed E-state index contributed by atoms with van der Waals surface area (Å²) in [6.45, 7) is 6.09. The van der Waals surface area contributed by atoms with E-state index in [2.05, 4.69) is 34.0 Å². The summed E-state index contributed by atoms with van der Waals surface area (Å²) in [6.07, 6.45) is 3.30. The number of amides is 2. The van der Waals surface area contributed by atoms with Crippen LogP contribution in [0.15, 0.2) is 80.3 Å². The largest absolute Gasteiger partial charge is 0.744 e. The number of nitrogens with zero attached hydrogens (tertiary/aromatic N) is 2. The van der Waals surface area contributed by atoms with Gasteiger partial charge in [0, 0.05) is 59.2 Å². The summed E-state index contributed by atoms with van der Waals surface area (Å²) in [5, 5.41) is 22.7. The Bertz CT molecular complexity index is 3170. The van der Waals surface area contributed by atoms with Crippen molar-refractivity contribution >= 4 is 82.1 Å². The molecule has 21 nitrogen and oxygen atoms in total. The Morgan fingerprint density at radius 2 is 1.78 bits per heavy atom. The molecule has 1 aliphatic carbocycles. The lowest BCUT2D eigenvalue weighted by Gasteiger charge is -2.22. The normalized spacial score (nSPS) is 16.1. The maximum absolute atomic E-state index is 13.2. The fourth-order valence-corrected chi connectivity index (χ4v) is 10.5. The smallest absolute Gasteiger partial charge is 0.351 e. The Hall–Kier alpha value is -6.24. The number of rotatable bonds is 18. The molecule has 1 fully saturated rings. The van der Waals surface area contributed by atoms with E-state index in [4.69, 9.17) is 30.8 Å². The third-order valence-electron chi connectivity index (χ3n) is 10.1. The van der Waals surface area contributed by atoms with Gasteiger partial charge in [-0.1, -0.05) is 52.5 Å². The molecule has 0 bridgehead atoms. The number of carboxylic acid groups (broad SMARTS) is 1. The topological polar surface area (TPSA) is 352 Å². The lowest BCUT2D eigenvalue weighted by molar-refractivity contribution is -0.120. The van der Waals surface area contributed by atoms with Gasteiger partial charge in [0.1, 0.15) is 42.1 Å². The highest BCUT2D eigenvalue weighted by molar-refractivity contribution is 8.76. The SMILES string of the molecule is C=CCOC1CC(n2cc(C#CCNC(=O)CCSSCCNC(=O)c3ccc(-c4c5ccc(=N)c(S(=O)(=O)[O-])c-5oc5c(S(=O)(=O)[O-])c(N)ccc45)c(C(=O)O)c3)c(N)nc2=O)OC1CC. The van der Waals surface area contributed by atoms with Gasteiger partial charge >= 0.3 is 11.7 Å². The van der Waals surface area contributed by atoms with Crippen molar-refractivity contribution in [2.24, 2.45) is 0 Å². The zero-order valence-electron chi connectivity index (χ0n) is 35.2. The lowest BCUT2D eigenvalue weighted by atomic mass is 9.89. The predicted octanol–water partition coefficient (Wildman–Crippen LogP) is 2.85. The Morgan fingerprint density at radius 3 is 2.46 bits per heavy atom. The number of benzene rings is 3. The van der Waals surface area contributed by atoms with E-state index in [1.54, 1.807) is 6.08 Å². The summed E-state index contributed by atoms with van der Waals surface area (Å²) in [5.74, 6) is 3.05. The van der Waals surface area contributed by atoms with E-state index in [0.717, 1.165) is 24.3 Å². The van der Waals surface area contributed by atoms with Crippen molar-refractivity contribution < 1.29 is 59.3 Å². The van der Waals surface area contributed by atoms with Gasteiger partial charge in [0.05, 0.1) is 47.5 Å². The number of ether oxygens (including phenoxy) is 2. The van der Waals surface area contributed by atoms with Crippen LogP contribution in [0, 0.1) is 17.3 Å². The molecule has 1 aromatic heterocycles. The van der Waals surface area contributed by atoms with Crippen LogP contribution in [0.3, 0.4) is 0 Å². The van der Waals surface area contributed by atoms with Crippen LogP contribution in [0.5, 0.6) is 0 Å². The molecule has 6 rings (SSSR count).